The minimum absolute atomic E-state index is 0.238. The zero-order valence-corrected chi connectivity index (χ0v) is 14.4. The Morgan fingerprint density at radius 3 is 2.20 bits per heavy atom. The molecule has 0 aliphatic heterocycles. The van der Waals surface area contributed by atoms with Crippen LogP contribution in [0.1, 0.15) is 11.6 Å². The molecule has 1 N–H and O–H groups in total. The zero-order valence-electron chi connectivity index (χ0n) is 10.5. The first kappa shape index (κ1) is 15.7. The zero-order chi connectivity index (χ0) is 14.6. The third-order valence-corrected chi connectivity index (χ3v) is 5.91. The highest BCUT2D eigenvalue weighted by Gasteiger charge is 2.22. The predicted molar refractivity (Wildman–Crippen MR) is 87.4 cm³/mol. The van der Waals surface area contributed by atoms with E-state index < -0.39 is 10.0 Å². The maximum Gasteiger partial charge on any atom is 0.242 e. The van der Waals surface area contributed by atoms with Crippen molar-refractivity contribution in [1.29, 1.82) is 0 Å². The topological polar surface area (TPSA) is 46.2 Å². The van der Waals surface area contributed by atoms with Gasteiger partial charge >= 0.3 is 0 Å². The van der Waals surface area contributed by atoms with Gasteiger partial charge in [0.2, 0.25) is 10.0 Å². The minimum atomic E-state index is -3.58. The summed E-state index contributed by atoms with van der Waals surface area (Å²) in [6.45, 7) is 0. The van der Waals surface area contributed by atoms with Crippen molar-refractivity contribution in [2.24, 2.45) is 0 Å². The summed E-state index contributed by atoms with van der Waals surface area (Å²) < 4.78 is 28.1. The van der Waals surface area contributed by atoms with Gasteiger partial charge in [-0.3, -0.25) is 0 Å². The van der Waals surface area contributed by atoms with Crippen LogP contribution in [0.25, 0.3) is 0 Å². The Labute approximate surface area is 135 Å². The van der Waals surface area contributed by atoms with Crippen LogP contribution >= 0.6 is 31.9 Å². The van der Waals surface area contributed by atoms with Crippen molar-refractivity contribution in [3.8, 4) is 0 Å². The Morgan fingerprint density at radius 1 is 1.00 bits per heavy atom. The molecule has 2 rings (SSSR count). The molecule has 3 nitrogen and oxygen atoms in total. The van der Waals surface area contributed by atoms with Crippen molar-refractivity contribution < 1.29 is 8.42 Å². The van der Waals surface area contributed by atoms with Crippen molar-refractivity contribution in [2.45, 2.75) is 10.9 Å². The lowest BCUT2D eigenvalue weighted by Crippen LogP contribution is -2.29. The largest absolute Gasteiger partial charge is 0.242 e. The van der Waals surface area contributed by atoms with Gasteiger partial charge in [-0.15, -0.1) is 0 Å². The summed E-state index contributed by atoms with van der Waals surface area (Å²) >= 11 is 6.63. The first-order chi connectivity index (χ1) is 9.54. The molecule has 0 saturated heterocycles. The average Bonchev–Trinajstić information content (AvgIpc) is 2.46. The van der Waals surface area contributed by atoms with E-state index in [1.807, 2.05) is 30.3 Å². The molecule has 0 radical (unpaired) electrons. The van der Waals surface area contributed by atoms with Gasteiger partial charge in [-0.2, -0.15) is 0 Å². The van der Waals surface area contributed by atoms with Crippen LogP contribution in [0.4, 0.5) is 0 Å². The van der Waals surface area contributed by atoms with Crippen molar-refractivity contribution >= 4 is 41.9 Å². The first-order valence-electron chi connectivity index (χ1n) is 5.92. The number of alkyl halides is 1. The van der Waals surface area contributed by atoms with Crippen LogP contribution in [0.5, 0.6) is 0 Å². The van der Waals surface area contributed by atoms with E-state index in [4.69, 9.17) is 0 Å². The molecule has 0 saturated carbocycles. The summed E-state index contributed by atoms with van der Waals surface area (Å²) in [6.07, 6.45) is 0. The van der Waals surface area contributed by atoms with E-state index in [1.54, 1.807) is 24.3 Å². The third-order valence-electron chi connectivity index (χ3n) is 2.78. The maximum atomic E-state index is 12.4. The molecule has 0 spiro atoms. The lowest BCUT2D eigenvalue weighted by molar-refractivity contribution is 0.568. The lowest BCUT2D eigenvalue weighted by atomic mass is 10.1. The standard InChI is InChI=1S/C14H13Br2NO2S/c15-10-13(11-6-2-1-3-7-11)17-20(18,19)14-9-5-4-8-12(14)16/h1-9,13,17H,10H2. The van der Waals surface area contributed by atoms with E-state index in [-0.39, 0.29) is 10.9 Å². The number of benzene rings is 2. The minimum Gasteiger partial charge on any atom is -0.207 e. The summed E-state index contributed by atoms with van der Waals surface area (Å²) in [5.74, 6) is 0. The van der Waals surface area contributed by atoms with Gasteiger partial charge in [0.15, 0.2) is 0 Å². The Hall–Kier alpha value is -0.690. The van der Waals surface area contributed by atoms with Gasteiger partial charge < -0.3 is 0 Å². The van der Waals surface area contributed by atoms with Gasteiger partial charge in [0, 0.05) is 9.80 Å². The molecule has 6 heteroatoms. The second-order valence-corrected chi connectivity index (χ2v) is 7.35. The Balaban J connectivity index is 2.30. The smallest absolute Gasteiger partial charge is 0.207 e. The molecule has 1 unspecified atom stereocenters. The second kappa shape index (κ2) is 6.85. The fourth-order valence-corrected chi connectivity index (χ4v) is 4.76. The number of rotatable bonds is 5. The molecule has 0 fully saturated rings. The van der Waals surface area contributed by atoms with Gasteiger partial charge in [-0.05, 0) is 33.6 Å². The summed E-state index contributed by atoms with van der Waals surface area (Å²) in [6, 6.07) is 15.9. The Bertz CT molecular complexity index is 675. The molecule has 106 valence electrons. The summed E-state index contributed by atoms with van der Waals surface area (Å²) in [5.41, 5.74) is 0.917. The van der Waals surface area contributed by atoms with Crippen molar-refractivity contribution in [1.82, 2.24) is 4.72 Å². The van der Waals surface area contributed by atoms with Crippen LogP contribution in [0.15, 0.2) is 64.0 Å². The highest BCUT2D eigenvalue weighted by molar-refractivity contribution is 9.10. The average molecular weight is 419 g/mol. The van der Waals surface area contributed by atoms with E-state index >= 15 is 0 Å². The van der Waals surface area contributed by atoms with Crippen LogP contribution in [0, 0.1) is 0 Å². The fraction of sp³-hybridized carbons (Fsp3) is 0.143. The molecule has 0 aliphatic rings. The van der Waals surface area contributed by atoms with Gasteiger partial charge in [0.25, 0.3) is 0 Å². The summed E-state index contributed by atoms with van der Waals surface area (Å²) in [4.78, 5) is 0.238. The van der Waals surface area contributed by atoms with Gasteiger partial charge in [-0.1, -0.05) is 58.4 Å². The summed E-state index contributed by atoms with van der Waals surface area (Å²) in [5, 5.41) is 0.501. The molecule has 0 aromatic heterocycles. The van der Waals surface area contributed by atoms with E-state index in [2.05, 4.69) is 36.6 Å². The molecule has 0 bridgehead atoms. The number of hydrogen-bond donors (Lipinski definition) is 1. The highest BCUT2D eigenvalue weighted by Crippen LogP contribution is 2.24. The fourth-order valence-electron chi connectivity index (χ4n) is 1.79. The second-order valence-electron chi connectivity index (χ2n) is 4.17. The molecular formula is C14H13Br2NO2S. The van der Waals surface area contributed by atoms with Crippen LogP contribution in [0.2, 0.25) is 0 Å². The molecule has 1 atom stereocenters. The molecular weight excluding hydrogens is 406 g/mol. The molecule has 0 amide bonds. The van der Waals surface area contributed by atoms with E-state index in [0.29, 0.717) is 9.80 Å². The van der Waals surface area contributed by atoms with Crippen LogP contribution in [-0.4, -0.2) is 13.7 Å². The van der Waals surface area contributed by atoms with Crippen LogP contribution < -0.4 is 4.72 Å². The summed E-state index contributed by atoms with van der Waals surface area (Å²) in [7, 11) is -3.58. The molecule has 20 heavy (non-hydrogen) atoms. The van der Waals surface area contributed by atoms with E-state index in [9.17, 15) is 8.42 Å². The maximum absolute atomic E-state index is 12.4. The monoisotopic (exact) mass is 417 g/mol. The van der Waals surface area contributed by atoms with Crippen LogP contribution in [-0.2, 0) is 10.0 Å². The normalized spacial score (nSPS) is 13.1. The van der Waals surface area contributed by atoms with Crippen molar-refractivity contribution in [3.63, 3.8) is 0 Å². The van der Waals surface area contributed by atoms with Gasteiger partial charge in [0.05, 0.1) is 10.9 Å². The van der Waals surface area contributed by atoms with Crippen molar-refractivity contribution in [3.05, 3.63) is 64.6 Å². The first-order valence-corrected chi connectivity index (χ1v) is 9.32. The van der Waals surface area contributed by atoms with Gasteiger partial charge in [-0.25, -0.2) is 13.1 Å². The Morgan fingerprint density at radius 2 is 1.60 bits per heavy atom. The number of nitrogens with one attached hydrogen (secondary N) is 1. The molecule has 0 heterocycles. The Kier molecular flexibility index (Phi) is 5.37. The van der Waals surface area contributed by atoms with Crippen molar-refractivity contribution in [2.75, 3.05) is 5.33 Å². The quantitative estimate of drug-likeness (QED) is 0.749. The predicted octanol–water partition coefficient (Wildman–Crippen LogP) is 3.86. The van der Waals surface area contributed by atoms with E-state index in [0.717, 1.165) is 5.56 Å². The molecule has 0 aliphatic carbocycles. The molecule has 2 aromatic rings. The SMILES string of the molecule is O=S(=O)(NC(CBr)c1ccccc1)c1ccccc1Br. The highest BCUT2D eigenvalue weighted by atomic mass is 79.9. The number of sulfonamides is 1. The number of halogens is 2. The lowest BCUT2D eigenvalue weighted by Gasteiger charge is -2.17. The number of hydrogen-bond acceptors (Lipinski definition) is 2. The van der Waals surface area contributed by atoms with E-state index in [1.165, 1.54) is 0 Å². The van der Waals surface area contributed by atoms with Crippen LogP contribution in [0.3, 0.4) is 0 Å². The molecule has 2 aromatic carbocycles. The van der Waals surface area contributed by atoms with Gasteiger partial charge in [0.1, 0.15) is 0 Å². The third kappa shape index (κ3) is 3.69.